The molecule has 1 amide bonds. The number of hydrogen-bond acceptors (Lipinski definition) is 5. The molecule has 6 nitrogen and oxygen atoms in total. The Kier molecular flexibility index (Phi) is 7.07. The quantitative estimate of drug-likeness (QED) is 0.374. The molecule has 26 heavy (non-hydrogen) atoms. The lowest BCUT2D eigenvalue weighted by Gasteiger charge is -2.05. The summed E-state index contributed by atoms with van der Waals surface area (Å²) in [5, 5.41) is 2.62. The first-order chi connectivity index (χ1) is 12.6. The van der Waals surface area contributed by atoms with E-state index in [0.29, 0.717) is 29.8 Å². The third-order valence-corrected chi connectivity index (χ3v) is 3.40. The molecule has 6 heteroatoms. The summed E-state index contributed by atoms with van der Waals surface area (Å²) >= 11 is 0. The maximum absolute atomic E-state index is 11.7. The van der Waals surface area contributed by atoms with Crippen molar-refractivity contribution in [2.24, 2.45) is 0 Å². The van der Waals surface area contributed by atoms with Crippen molar-refractivity contribution in [2.45, 2.75) is 13.0 Å². The second kappa shape index (κ2) is 9.74. The van der Waals surface area contributed by atoms with Gasteiger partial charge in [-0.2, -0.15) is 0 Å². The number of hydrogen-bond donors (Lipinski definition) is 2. The lowest BCUT2D eigenvalue weighted by molar-refractivity contribution is 0.0600. The normalized spacial score (nSPS) is 9.58. The summed E-state index contributed by atoms with van der Waals surface area (Å²) in [5.74, 6) is 5.29. The number of benzene rings is 2. The number of esters is 1. The van der Waals surface area contributed by atoms with Crippen LogP contribution in [-0.2, 0) is 16.1 Å². The summed E-state index contributed by atoms with van der Waals surface area (Å²) in [6.07, 6.45) is -0.0933. The molecular formula is C20H20N2O4. The minimum Gasteiger partial charge on any atom is -0.465 e. The van der Waals surface area contributed by atoms with Crippen LogP contribution in [0.15, 0.2) is 48.5 Å². The zero-order valence-corrected chi connectivity index (χ0v) is 14.5. The Hall–Kier alpha value is -3.46. The number of carbonyl (C=O) groups is 2. The third-order valence-electron chi connectivity index (χ3n) is 3.40. The van der Waals surface area contributed by atoms with Crippen LogP contribution in [-0.4, -0.2) is 25.7 Å². The van der Waals surface area contributed by atoms with Crippen molar-refractivity contribution in [3.05, 3.63) is 65.2 Å². The van der Waals surface area contributed by atoms with Gasteiger partial charge in [0, 0.05) is 24.2 Å². The van der Waals surface area contributed by atoms with Gasteiger partial charge in [0.1, 0.15) is 6.61 Å². The smallest absolute Gasteiger partial charge is 0.407 e. The molecular weight excluding hydrogens is 332 g/mol. The number of nitrogens with two attached hydrogens (primary N) is 1. The first kappa shape index (κ1) is 18.9. The van der Waals surface area contributed by atoms with Crippen LogP contribution in [0.4, 0.5) is 10.5 Å². The number of rotatable bonds is 5. The molecule has 0 bridgehead atoms. The molecule has 0 saturated heterocycles. The number of anilines is 1. The molecule has 0 aliphatic heterocycles. The van der Waals surface area contributed by atoms with Gasteiger partial charge in [-0.3, -0.25) is 0 Å². The third kappa shape index (κ3) is 5.87. The highest BCUT2D eigenvalue weighted by molar-refractivity contribution is 5.93. The number of carbonyl (C=O) groups excluding carboxylic acids is 2. The van der Waals surface area contributed by atoms with Crippen LogP contribution in [0.25, 0.3) is 0 Å². The Balaban J connectivity index is 1.80. The monoisotopic (exact) mass is 352 g/mol. The molecule has 2 rings (SSSR count). The molecule has 0 radical (unpaired) electrons. The predicted molar refractivity (Wildman–Crippen MR) is 98.3 cm³/mol. The lowest BCUT2D eigenvalue weighted by Crippen LogP contribution is -2.24. The fourth-order valence-electron chi connectivity index (χ4n) is 2.11. The summed E-state index contributed by atoms with van der Waals surface area (Å²) < 4.78 is 9.82. The SMILES string of the molecule is COC(=O)c1cc(N)ccc1C#CCCNC(=O)OCc1ccccc1. The summed E-state index contributed by atoms with van der Waals surface area (Å²) in [6, 6.07) is 14.3. The van der Waals surface area contributed by atoms with E-state index in [1.807, 2.05) is 30.3 Å². The van der Waals surface area contributed by atoms with Crippen LogP contribution in [0.2, 0.25) is 0 Å². The molecule has 2 aromatic rings. The molecule has 0 aliphatic carbocycles. The van der Waals surface area contributed by atoms with Crippen molar-refractivity contribution in [3.8, 4) is 11.8 Å². The number of nitrogens with one attached hydrogen (secondary N) is 1. The van der Waals surface area contributed by atoms with Gasteiger partial charge in [0.05, 0.1) is 12.7 Å². The van der Waals surface area contributed by atoms with Gasteiger partial charge in [0.2, 0.25) is 0 Å². The van der Waals surface area contributed by atoms with Crippen molar-refractivity contribution < 1.29 is 19.1 Å². The highest BCUT2D eigenvalue weighted by Gasteiger charge is 2.10. The van der Waals surface area contributed by atoms with Crippen molar-refractivity contribution in [2.75, 3.05) is 19.4 Å². The van der Waals surface area contributed by atoms with Crippen LogP contribution in [0, 0.1) is 11.8 Å². The Morgan fingerprint density at radius 3 is 2.65 bits per heavy atom. The van der Waals surface area contributed by atoms with Gasteiger partial charge in [0.15, 0.2) is 0 Å². The van der Waals surface area contributed by atoms with Gasteiger partial charge in [-0.25, -0.2) is 9.59 Å². The Morgan fingerprint density at radius 1 is 1.15 bits per heavy atom. The summed E-state index contributed by atoms with van der Waals surface area (Å²) in [7, 11) is 1.30. The molecule has 0 heterocycles. The van der Waals surface area contributed by atoms with Gasteiger partial charge in [-0.1, -0.05) is 42.2 Å². The lowest BCUT2D eigenvalue weighted by atomic mass is 10.1. The van der Waals surface area contributed by atoms with Gasteiger partial charge in [0.25, 0.3) is 0 Å². The first-order valence-corrected chi connectivity index (χ1v) is 8.01. The van der Waals surface area contributed by atoms with E-state index < -0.39 is 12.1 Å². The number of methoxy groups -OCH3 is 1. The summed E-state index contributed by atoms with van der Waals surface area (Å²) in [6.45, 7) is 0.551. The molecule has 0 saturated carbocycles. The zero-order valence-electron chi connectivity index (χ0n) is 14.5. The molecule has 3 N–H and O–H groups in total. The molecule has 0 unspecified atom stereocenters. The standard InChI is InChI=1S/C20H20N2O4/c1-25-19(23)18-13-17(21)11-10-16(18)9-5-6-12-22-20(24)26-14-15-7-3-2-4-8-15/h2-4,7-8,10-11,13H,6,12,14,21H2,1H3,(H,22,24). The van der Waals surface area contributed by atoms with Gasteiger partial charge in [-0.15, -0.1) is 0 Å². The fourth-order valence-corrected chi connectivity index (χ4v) is 2.11. The molecule has 0 atom stereocenters. The van der Waals surface area contributed by atoms with Crippen LogP contribution in [0.1, 0.15) is 27.9 Å². The molecule has 134 valence electrons. The minimum absolute atomic E-state index is 0.215. The molecule has 0 aromatic heterocycles. The number of nitrogen functional groups attached to an aromatic ring is 1. The van der Waals surface area contributed by atoms with E-state index >= 15 is 0 Å². The average Bonchev–Trinajstić information content (AvgIpc) is 2.67. The van der Waals surface area contributed by atoms with E-state index in [-0.39, 0.29) is 6.61 Å². The zero-order chi connectivity index (χ0) is 18.8. The van der Waals surface area contributed by atoms with Gasteiger partial charge in [-0.05, 0) is 23.8 Å². The largest absolute Gasteiger partial charge is 0.465 e. The van der Waals surface area contributed by atoms with E-state index in [0.717, 1.165) is 5.56 Å². The Morgan fingerprint density at radius 2 is 1.92 bits per heavy atom. The number of alkyl carbamates (subject to hydrolysis) is 1. The molecule has 0 fully saturated rings. The van der Waals surface area contributed by atoms with Crippen LogP contribution < -0.4 is 11.1 Å². The van der Waals surface area contributed by atoms with Crippen LogP contribution in [0.3, 0.4) is 0 Å². The second-order valence-electron chi connectivity index (χ2n) is 5.34. The summed E-state index contributed by atoms with van der Waals surface area (Å²) in [5.41, 5.74) is 7.90. The molecule has 0 aliphatic rings. The van der Waals surface area contributed by atoms with Crippen LogP contribution >= 0.6 is 0 Å². The summed E-state index contributed by atoms with van der Waals surface area (Å²) in [4.78, 5) is 23.3. The maximum Gasteiger partial charge on any atom is 0.407 e. The second-order valence-corrected chi connectivity index (χ2v) is 5.34. The van der Waals surface area contributed by atoms with Crippen molar-refractivity contribution in [1.29, 1.82) is 0 Å². The van der Waals surface area contributed by atoms with Crippen molar-refractivity contribution in [3.63, 3.8) is 0 Å². The predicted octanol–water partition coefficient (Wildman–Crippen LogP) is 2.72. The van der Waals surface area contributed by atoms with Gasteiger partial charge >= 0.3 is 12.1 Å². The molecule has 0 spiro atoms. The van der Waals surface area contributed by atoms with E-state index in [4.69, 9.17) is 15.2 Å². The maximum atomic E-state index is 11.7. The highest BCUT2D eigenvalue weighted by Crippen LogP contribution is 2.13. The Labute approximate surface area is 152 Å². The van der Waals surface area contributed by atoms with Crippen molar-refractivity contribution in [1.82, 2.24) is 5.32 Å². The highest BCUT2D eigenvalue weighted by atomic mass is 16.5. The van der Waals surface area contributed by atoms with E-state index in [1.165, 1.54) is 13.2 Å². The topological polar surface area (TPSA) is 90.6 Å². The van der Waals surface area contributed by atoms with Crippen LogP contribution in [0.5, 0.6) is 0 Å². The fraction of sp³-hybridized carbons (Fsp3) is 0.200. The Bertz CT molecular complexity index is 823. The first-order valence-electron chi connectivity index (χ1n) is 8.01. The number of amides is 1. The molecule has 2 aromatic carbocycles. The van der Waals surface area contributed by atoms with E-state index in [1.54, 1.807) is 12.1 Å². The minimum atomic E-state index is -0.501. The van der Waals surface area contributed by atoms with Gasteiger partial charge < -0.3 is 20.5 Å². The van der Waals surface area contributed by atoms with E-state index in [9.17, 15) is 9.59 Å². The van der Waals surface area contributed by atoms with Crippen molar-refractivity contribution >= 4 is 17.7 Å². The van der Waals surface area contributed by atoms with E-state index in [2.05, 4.69) is 17.2 Å². The number of ether oxygens (including phenoxy) is 2. The average molecular weight is 352 g/mol.